The zero-order chi connectivity index (χ0) is 13.2. The zero-order valence-corrected chi connectivity index (χ0v) is 11.7. The molecule has 6 heteroatoms. The second-order valence-corrected chi connectivity index (χ2v) is 6.19. The minimum atomic E-state index is -3.57. The first-order valence-corrected chi connectivity index (χ1v) is 7.39. The summed E-state index contributed by atoms with van der Waals surface area (Å²) in [5.74, 6) is 0. The fourth-order valence-electron chi connectivity index (χ4n) is 1.42. The van der Waals surface area contributed by atoms with Gasteiger partial charge in [-0.15, -0.1) is 0 Å². The van der Waals surface area contributed by atoms with Gasteiger partial charge in [0.15, 0.2) is 0 Å². The maximum Gasteiger partial charge on any atom is 0.261 e. The monoisotopic (exact) mass is 326 g/mol. The number of rotatable bonds is 3. The van der Waals surface area contributed by atoms with E-state index in [2.05, 4.69) is 20.7 Å². The van der Waals surface area contributed by atoms with Crippen LogP contribution in [0.15, 0.2) is 57.9 Å². The van der Waals surface area contributed by atoms with Gasteiger partial charge in [-0.05, 0) is 46.3 Å². The first-order chi connectivity index (χ1) is 8.49. The summed E-state index contributed by atoms with van der Waals surface area (Å²) >= 11 is 3.27. The second-order valence-electron chi connectivity index (χ2n) is 3.66. The van der Waals surface area contributed by atoms with Crippen LogP contribution in [0.5, 0.6) is 0 Å². The molecule has 4 nitrogen and oxygen atoms in total. The fraction of sp³-hybridized carbons (Fsp3) is 0. The van der Waals surface area contributed by atoms with Crippen LogP contribution in [-0.2, 0) is 10.0 Å². The Morgan fingerprint density at radius 2 is 1.72 bits per heavy atom. The van der Waals surface area contributed by atoms with Gasteiger partial charge in [0.1, 0.15) is 0 Å². The lowest BCUT2D eigenvalue weighted by Gasteiger charge is -2.10. The van der Waals surface area contributed by atoms with Crippen molar-refractivity contribution < 1.29 is 8.42 Å². The summed E-state index contributed by atoms with van der Waals surface area (Å²) in [6.45, 7) is 0. The third-order valence-electron chi connectivity index (χ3n) is 2.29. The molecule has 94 valence electrons. The third-order valence-corrected chi connectivity index (χ3v) is 4.33. The Balaban J connectivity index is 2.34. The smallest absolute Gasteiger partial charge is 0.261 e. The van der Waals surface area contributed by atoms with Gasteiger partial charge >= 0.3 is 0 Å². The number of nitrogens with one attached hydrogen (secondary N) is 1. The minimum Gasteiger partial charge on any atom is -0.399 e. The average Bonchev–Trinajstić information content (AvgIpc) is 2.34. The maximum absolute atomic E-state index is 12.1. The summed E-state index contributed by atoms with van der Waals surface area (Å²) in [6.07, 6.45) is 0. The van der Waals surface area contributed by atoms with Gasteiger partial charge in [0.2, 0.25) is 0 Å². The number of sulfonamides is 1. The first-order valence-electron chi connectivity index (χ1n) is 5.12. The van der Waals surface area contributed by atoms with Crippen molar-refractivity contribution in [3.8, 4) is 0 Å². The number of hydrogen-bond donors (Lipinski definition) is 2. The van der Waals surface area contributed by atoms with Crippen LogP contribution in [0.3, 0.4) is 0 Å². The molecule has 0 amide bonds. The molecule has 0 radical (unpaired) electrons. The van der Waals surface area contributed by atoms with E-state index >= 15 is 0 Å². The molecule has 2 aromatic rings. The van der Waals surface area contributed by atoms with Crippen molar-refractivity contribution in [2.75, 3.05) is 10.5 Å². The molecule has 0 fully saturated rings. The van der Waals surface area contributed by atoms with Crippen molar-refractivity contribution in [3.05, 3.63) is 53.0 Å². The van der Waals surface area contributed by atoms with Gasteiger partial charge in [-0.25, -0.2) is 8.42 Å². The topological polar surface area (TPSA) is 72.2 Å². The van der Waals surface area contributed by atoms with Gasteiger partial charge < -0.3 is 5.73 Å². The highest BCUT2D eigenvalue weighted by Crippen LogP contribution is 2.26. The van der Waals surface area contributed by atoms with Crippen molar-refractivity contribution >= 4 is 37.3 Å². The Hall–Kier alpha value is -1.53. The van der Waals surface area contributed by atoms with E-state index in [1.807, 2.05) is 0 Å². The summed E-state index contributed by atoms with van der Waals surface area (Å²) in [5, 5.41) is 0. The highest BCUT2D eigenvalue weighted by atomic mass is 79.9. The average molecular weight is 327 g/mol. The Morgan fingerprint density at radius 3 is 2.33 bits per heavy atom. The zero-order valence-electron chi connectivity index (χ0n) is 9.30. The summed E-state index contributed by atoms with van der Waals surface area (Å²) in [7, 11) is -3.57. The van der Waals surface area contributed by atoms with Crippen LogP contribution in [0.25, 0.3) is 0 Å². The third kappa shape index (κ3) is 2.83. The molecule has 0 aliphatic carbocycles. The van der Waals surface area contributed by atoms with Crippen molar-refractivity contribution in [2.24, 2.45) is 0 Å². The highest BCUT2D eigenvalue weighted by molar-refractivity contribution is 9.10. The maximum atomic E-state index is 12.1. The van der Waals surface area contributed by atoms with E-state index in [1.165, 1.54) is 12.1 Å². The van der Waals surface area contributed by atoms with Gasteiger partial charge in [0.05, 0.1) is 10.6 Å². The molecule has 0 heterocycles. The molecule has 2 aromatic carbocycles. The van der Waals surface area contributed by atoms with Crippen molar-refractivity contribution in [1.82, 2.24) is 0 Å². The fourth-order valence-corrected chi connectivity index (χ4v) is 3.15. The molecule has 0 aromatic heterocycles. The van der Waals surface area contributed by atoms with E-state index in [1.54, 1.807) is 36.4 Å². The molecule has 0 spiro atoms. The van der Waals surface area contributed by atoms with Gasteiger partial charge in [0, 0.05) is 10.2 Å². The van der Waals surface area contributed by atoms with E-state index in [-0.39, 0.29) is 4.90 Å². The first kappa shape index (κ1) is 12.9. The Labute approximate surface area is 114 Å². The Bertz CT molecular complexity index is 657. The standard InChI is InChI=1S/C12H11BrN2O2S/c13-11-8-9(14)6-7-12(11)15-18(16,17)10-4-2-1-3-5-10/h1-8,15H,14H2. The van der Waals surface area contributed by atoms with Crippen LogP contribution < -0.4 is 10.5 Å². The largest absolute Gasteiger partial charge is 0.399 e. The van der Waals surface area contributed by atoms with Crippen LogP contribution >= 0.6 is 15.9 Å². The van der Waals surface area contributed by atoms with Crippen LogP contribution in [0, 0.1) is 0 Å². The van der Waals surface area contributed by atoms with Crippen molar-refractivity contribution in [2.45, 2.75) is 4.90 Å². The van der Waals surface area contributed by atoms with Crippen molar-refractivity contribution in [3.63, 3.8) is 0 Å². The molecular formula is C12H11BrN2O2S. The Kier molecular flexibility index (Phi) is 3.58. The number of anilines is 2. The lowest BCUT2D eigenvalue weighted by Crippen LogP contribution is -2.13. The number of halogens is 1. The second kappa shape index (κ2) is 4.99. The van der Waals surface area contributed by atoms with Gasteiger partial charge in [0.25, 0.3) is 10.0 Å². The van der Waals surface area contributed by atoms with E-state index in [0.717, 1.165) is 0 Å². The van der Waals surface area contributed by atoms with E-state index < -0.39 is 10.0 Å². The van der Waals surface area contributed by atoms with Crippen LogP contribution in [0.2, 0.25) is 0 Å². The molecule has 0 atom stereocenters. The molecule has 0 aliphatic heterocycles. The Morgan fingerprint density at radius 1 is 1.06 bits per heavy atom. The molecule has 0 aliphatic rings. The van der Waals surface area contributed by atoms with Gasteiger partial charge in [-0.1, -0.05) is 18.2 Å². The van der Waals surface area contributed by atoms with Gasteiger partial charge in [-0.3, -0.25) is 4.72 Å². The minimum absolute atomic E-state index is 0.216. The predicted molar refractivity (Wildman–Crippen MR) is 75.8 cm³/mol. The lowest BCUT2D eigenvalue weighted by atomic mass is 10.3. The molecule has 0 saturated heterocycles. The van der Waals surface area contributed by atoms with E-state index in [9.17, 15) is 8.42 Å². The number of hydrogen-bond acceptors (Lipinski definition) is 3. The SMILES string of the molecule is Nc1ccc(NS(=O)(=O)c2ccccc2)c(Br)c1. The van der Waals surface area contributed by atoms with Crippen molar-refractivity contribution in [1.29, 1.82) is 0 Å². The quantitative estimate of drug-likeness (QED) is 0.852. The molecular weight excluding hydrogens is 316 g/mol. The van der Waals surface area contributed by atoms with Gasteiger partial charge in [-0.2, -0.15) is 0 Å². The molecule has 0 saturated carbocycles. The van der Waals surface area contributed by atoms with E-state index in [4.69, 9.17) is 5.73 Å². The lowest BCUT2D eigenvalue weighted by molar-refractivity contribution is 0.601. The summed E-state index contributed by atoms with van der Waals surface area (Å²) in [6, 6.07) is 13.1. The van der Waals surface area contributed by atoms with Crippen LogP contribution in [0.4, 0.5) is 11.4 Å². The number of nitrogens with two attached hydrogens (primary N) is 1. The predicted octanol–water partition coefficient (Wildman–Crippen LogP) is 2.83. The molecule has 0 unspecified atom stereocenters. The molecule has 0 bridgehead atoms. The summed E-state index contributed by atoms with van der Waals surface area (Å²) < 4.78 is 27.2. The van der Waals surface area contributed by atoms with Crippen LogP contribution in [0.1, 0.15) is 0 Å². The van der Waals surface area contributed by atoms with E-state index in [0.29, 0.717) is 15.8 Å². The molecule has 2 rings (SSSR count). The number of nitrogen functional groups attached to an aromatic ring is 1. The number of benzene rings is 2. The van der Waals surface area contributed by atoms with Crippen LogP contribution in [-0.4, -0.2) is 8.42 Å². The summed E-state index contributed by atoms with van der Waals surface area (Å²) in [4.78, 5) is 0.216. The molecule has 18 heavy (non-hydrogen) atoms. The highest BCUT2D eigenvalue weighted by Gasteiger charge is 2.14. The summed E-state index contributed by atoms with van der Waals surface area (Å²) in [5.41, 5.74) is 6.61. The molecule has 3 N–H and O–H groups in total. The normalized spacial score (nSPS) is 11.2.